The van der Waals surface area contributed by atoms with Crippen LogP contribution in [0.25, 0.3) is 0 Å². The fourth-order valence-electron chi connectivity index (χ4n) is 10.1. The first-order valence-corrected chi connectivity index (χ1v) is 35.3. The predicted octanol–water partition coefficient (Wildman–Crippen LogP) is 9.94. The molecule has 3 saturated heterocycles. The zero-order valence-electron chi connectivity index (χ0n) is 59.6. The first-order valence-electron chi connectivity index (χ1n) is 32.6. The second kappa shape index (κ2) is 43.9. The van der Waals surface area contributed by atoms with E-state index in [9.17, 15) is 28.8 Å². The van der Waals surface area contributed by atoms with Gasteiger partial charge in [-0.15, -0.1) is 0 Å². The Balaban J connectivity index is 0.000000224. The Bertz CT molecular complexity index is 4140. The van der Waals surface area contributed by atoms with Gasteiger partial charge >= 0.3 is 5.97 Å². The van der Waals surface area contributed by atoms with Crippen LogP contribution in [0.5, 0.6) is 0 Å². The average Bonchev–Trinajstić information content (AvgIpc) is 0.888. The van der Waals surface area contributed by atoms with Crippen LogP contribution in [0.2, 0.25) is 25.8 Å². The molecular weight excluding hydrogens is 1460 g/mol. The number of aromatic carboxylic acids is 1. The van der Waals surface area contributed by atoms with Crippen molar-refractivity contribution in [2.24, 2.45) is 0 Å². The molecule has 5 amide bonds. The van der Waals surface area contributed by atoms with Crippen LogP contribution in [0.3, 0.4) is 0 Å². The van der Waals surface area contributed by atoms with E-state index in [1.54, 1.807) is 91.0 Å². The molecule has 0 spiro atoms. The number of halogens is 5. The van der Waals surface area contributed by atoms with Crippen LogP contribution >= 0.6 is 69.3 Å². The third-order valence-corrected chi connectivity index (χ3v) is 19.0. The summed E-state index contributed by atoms with van der Waals surface area (Å²) in [5, 5.41) is 36.9. The highest BCUT2D eigenvalue weighted by Crippen LogP contribution is 2.26. The Kier molecular flexibility index (Phi) is 36.1. The van der Waals surface area contributed by atoms with E-state index < -0.39 is 5.97 Å². The molecule has 0 aromatic carbocycles. The van der Waals surface area contributed by atoms with Gasteiger partial charge in [0.1, 0.15) is 48.3 Å². The number of thiazole rings is 1. The number of piperazine rings is 3. The number of rotatable bonds is 12. The highest BCUT2D eigenvalue weighted by molar-refractivity contribution is 7.16. The van der Waals surface area contributed by atoms with Crippen molar-refractivity contribution in [1.82, 2.24) is 79.9 Å². The number of aliphatic hydroxyl groups excluding tert-OH is 1. The van der Waals surface area contributed by atoms with E-state index in [1.165, 1.54) is 64.8 Å². The summed E-state index contributed by atoms with van der Waals surface area (Å²) in [4.78, 5) is 111. The SMILES string of the molecule is CC(=O)N1CCN(Cc2ccnc(Cl)c2C)CC1.CC(=O)N1CCN(Cc2ccnc(N)c2C)CC1.CC(=O)N1CCN(Cc2ccnc(Nc3ncc(C#N)s3)c2C)CC1.CNC(=O)c1ccnc(Cl)c1.CNC(=O)c1ccnc(Cl)c1C.Cc1c(CO)ccnc1Cl.O=C(O)c1ccnc(Cl)c1. The molecule has 11 heterocycles. The lowest BCUT2D eigenvalue weighted by atomic mass is 10.1. The van der Waals surface area contributed by atoms with Gasteiger partial charge < -0.3 is 46.6 Å². The summed E-state index contributed by atoms with van der Waals surface area (Å²) in [7, 11) is 3.15. The van der Waals surface area contributed by atoms with Gasteiger partial charge in [-0.1, -0.05) is 69.3 Å². The smallest absolute Gasteiger partial charge is 0.335 e. The molecule has 7 N–H and O–H groups in total. The first kappa shape index (κ1) is 85.5. The molecule has 8 aromatic heterocycles. The van der Waals surface area contributed by atoms with Crippen molar-refractivity contribution >= 4 is 122 Å². The summed E-state index contributed by atoms with van der Waals surface area (Å²) < 4.78 is 0. The zero-order chi connectivity index (χ0) is 76.6. The number of carboxylic acids is 1. The third kappa shape index (κ3) is 27.8. The molecule has 0 saturated carbocycles. The number of amides is 5. The number of aromatic nitrogens is 8. The van der Waals surface area contributed by atoms with Crippen molar-refractivity contribution in [3.8, 4) is 6.07 Å². The van der Waals surface area contributed by atoms with E-state index in [0.717, 1.165) is 132 Å². The molecule has 0 radical (unpaired) electrons. The number of nitrogens with zero attached hydrogens (tertiary/aromatic N) is 15. The normalized spacial score (nSPS) is 13.4. The van der Waals surface area contributed by atoms with Crippen LogP contribution in [0.15, 0.2) is 104 Å². The number of nitrogens with one attached hydrogen (secondary N) is 3. The van der Waals surface area contributed by atoms with Crippen molar-refractivity contribution in [3.05, 3.63) is 202 Å². The van der Waals surface area contributed by atoms with Crippen LogP contribution in [0, 0.1) is 45.9 Å². The number of hydrogen-bond donors (Lipinski definition) is 6. The van der Waals surface area contributed by atoms with E-state index in [-0.39, 0.29) is 46.9 Å². The number of anilines is 3. The van der Waals surface area contributed by atoms with Crippen LogP contribution in [-0.2, 0) is 40.6 Å². The number of nitriles is 1. The summed E-state index contributed by atoms with van der Waals surface area (Å²) in [5.41, 5.74) is 16.3. The van der Waals surface area contributed by atoms with Crippen molar-refractivity contribution < 1.29 is 39.0 Å². The summed E-state index contributed by atoms with van der Waals surface area (Å²) >= 11 is 29.7. The van der Waals surface area contributed by atoms with E-state index in [2.05, 4.69) is 76.6 Å². The molecule has 104 heavy (non-hydrogen) atoms. The second-order valence-electron chi connectivity index (χ2n) is 23.4. The number of pyridine rings is 7. The van der Waals surface area contributed by atoms with Gasteiger partial charge in [-0.3, -0.25) is 38.7 Å². The molecule has 0 bridgehead atoms. The van der Waals surface area contributed by atoms with Crippen molar-refractivity contribution in [1.29, 1.82) is 5.26 Å². The topological polar surface area (TPSA) is 351 Å². The number of nitrogens with two attached hydrogens (primary N) is 1. The van der Waals surface area contributed by atoms with Crippen LogP contribution < -0.4 is 21.7 Å². The van der Waals surface area contributed by atoms with Gasteiger partial charge in [0.25, 0.3) is 11.8 Å². The number of aliphatic hydroxyl groups is 1. The maximum Gasteiger partial charge on any atom is 0.335 e. The van der Waals surface area contributed by atoms with Gasteiger partial charge in [0.2, 0.25) is 17.7 Å². The van der Waals surface area contributed by atoms with Gasteiger partial charge in [0, 0.05) is 188 Å². The Hall–Kier alpha value is -9.12. The fraction of sp³-hybridized carbons (Fsp3) is 0.366. The lowest BCUT2D eigenvalue weighted by Crippen LogP contribution is -2.47. The van der Waals surface area contributed by atoms with Crippen LogP contribution in [0.4, 0.5) is 16.8 Å². The molecule has 3 aliphatic heterocycles. The van der Waals surface area contributed by atoms with Crippen molar-refractivity contribution in [3.63, 3.8) is 0 Å². The molecule has 33 heteroatoms. The fourth-order valence-corrected chi connectivity index (χ4v) is 11.5. The molecular formula is C71H86Cl5N19O8S. The minimum absolute atomic E-state index is 0.0219. The summed E-state index contributed by atoms with van der Waals surface area (Å²) in [6.45, 7) is 27.4. The average molecular weight is 1540 g/mol. The number of hydrogen-bond acceptors (Lipinski definition) is 22. The summed E-state index contributed by atoms with van der Waals surface area (Å²) in [6, 6.07) is 17.3. The molecule has 3 fully saturated rings. The molecule has 27 nitrogen and oxygen atoms in total. The van der Waals surface area contributed by atoms with Gasteiger partial charge in [0.05, 0.1) is 18.4 Å². The predicted molar refractivity (Wildman–Crippen MR) is 405 cm³/mol. The number of carbonyl (C=O) groups excluding carboxylic acids is 5. The lowest BCUT2D eigenvalue weighted by molar-refractivity contribution is -0.131. The monoisotopic (exact) mass is 1540 g/mol. The van der Waals surface area contributed by atoms with E-state index in [0.29, 0.717) is 53.1 Å². The van der Waals surface area contributed by atoms with Gasteiger partial charge in [0.15, 0.2) is 5.13 Å². The highest BCUT2D eigenvalue weighted by atomic mass is 35.5. The van der Waals surface area contributed by atoms with E-state index in [4.69, 9.17) is 79.2 Å². The van der Waals surface area contributed by atoms with Crippen LogP contribution in [0.1, 0.15) is 107 Å². The molecule has 11 rings (SSSR count). The first-order chi connectivity index (χ1) is 49.6. The molecule has 3 aliphatic rings. The summed E-state index contributed by atoms with van der Waals surface area (Å²) in [5.74, 6) is 0.548. The van der Waals surface area contributed by atoms with E-state index in [1.807, 2.05) is 60.6 Å². The minimum Gasteiger partial charge on any atom is -0.478 e. The molecule has 8 aromatic rings. The van der Waals surface area contributed by atoms with Gasteiger partial charge in [-0.2, -0.15) is 5.26 Å². The Morgan fingerprint density at radius 3 is 1.29 bits per heavy atom. The van der Waals surface area contributed by atoms with Gasteiger partial charge in [-0.25, -0.2) is 44.7 Å². The highest BCUT2D eigenvalue weighted by Gasteiger charge is 2.23. The van der Waals surface area contributed by atoms with Crippen molar-refractivity contribution in [2.75, 3.05) is 104 Å². The number of carboxylic acid groups (broad SMARTS) is 1. The second-order valence-corrected chi connectivity index (χ2v) is 26.3. The minimum atomic E-state index is -0.996. The quantitative estimate of drug-likeness (QED) is 0.0619. The molecule has 0 unspecified atom stereocenters. The van der Waals surface area contributed by atoms with Crippen molar-refractivity contribution in [2.45, 2.75) is 81.6 Å². The van der Waals surface area contributed by atoms with Gasteiger partial charge in [-0.05, 0) is 139 Å². The Morgan fingerprint density at radius 2 is 0.885 bits per heavy atom. The molecule has 0 atom stereocenters. The maximum absolute atomic E-state index is 11.4. The largest absolute Gasteiger partial charge is 0.478 e. The Morgan fingerprint density at radius 1 is 0.500 bits per heavy atom. The lowest BCUT2D eigenvalue weighted by Gasteiger charge is -2.34. The van der Waals surface area contributed by atoms with Crippen LogP contribution in [-0.4, -0.2) is 208 Å². The molecule has 0 aliphatic carbocycles. The Labute approximate surface area is 634 Å². The third-order valence-electron chi connectivity index (χ3n) is 16.6. The summed E-state index contributed by atoms with van der Waals surface area (Å²) in [6.07, 6.45) is 12.8. The number of nitrogen functional groups attached to an aromatic ring is 1. The maximum atomic E-state index is 11.4. The van der Waals surface area contributed by atoms with E-state index >= 15 is 0 Å². The molecule has 554 valence electrons. The zero-order valence-corrected chi connectivity index (χ0v) is 64.2. The standard InChI is InChI=1S/C17H20N6OS.C13H18ClN3O.C13H20N4O.C8H9ClN2O.C7H7ClN2O.C7H8ClNO.C6H4ClNO2/c1-12-14(11-22-5-7-23(8-6-22)13(2)24)3-4-19-16(12)21-17-20-10-15(9-18)25-17;2*1-10-12(3-4-15-13(10)14)9-16-5-7-17(8-6-16)11(2)18;1-5-6(8(12)10-2)3-4-11-7(5)9;1-9-7(11)5-2-3-10-6(8)4-5;1-5-6(4-10)2-3-9-7(5)8;7-5-3-4(6(9)10)1-2-8-5/h3-4,10H,5-8,11H2,1-2H3,(H,19,20,21);3-4H,5-9H2,1-2H3;3-4H,5-9H2,1-2H3,(H2,14,15);3-4H,1-2H3,(H,10,12);2-4H,1H3,(H,9,11);2-3,10H,4H2,1H3;1-3H,(H,9,10). The number of carbonyl (C=O) groups is 6.